The van der Waals surface area contributed by atoms with Crippen molar-refractivity contribution in [1.82, 2.24) is 20.0 Å². The Balaban J connectivity index is 1.30. The van der Waals surface area contributed by atoms with Crippen LogP contribution in [0.5, 0.6) is 0 Å². The zero-order valence-electron chi connectivity index (χ0n) is 17.3. The highest BCUT2D eigenvalue weighted by Crippen LogP contribution is 2.29. The summed E-state index contributed by atoms with van der Waals surface area (Å²) in [6, 6.07) is 9.14. The van der Waals surface area contributed by atoms with Crippen molar-refractivity contribution in [3.05, 3.63) is 35.9 Å². The summed E-state index contributed by atoms with van der Waals surface area (Å²) >= 11 is 0. The maximum absolute atomic E-state index is 13.0. The Morgan fingerprint density at radius 2 is 1.87 bits per heavy atom. The van der Waals surface area contributed by atoms with Crippen LogP contribution in [0.1, 0.15) is 30.7 Å². The van der Waals surface area contributed by atoms with Crippen molar-refractivity contribution in [2.24, 2.45) is 0 Å². The van der Waals surface area contributed by atoms with Crippen LogP contribution in [0.25, 0.3) is 0 Å². The van der Waals surface area contributed by atoms with Crippen LogP contribution in [0.3, 0.4) is 0 Å². The van der Waals surface area contributed by atoms with Gasteiger partial charge in [0, 0.05) is 45.2 Å². The van der Waals surface area contributed by atoms with E-state index in [-0.39, 0.29) is 30.2 Å². The van der Waals surface area contributed by atoms with Crippen molar-refractivity contribution in [2.45, 2.75) is 31.2 Å². The number of β-lactam (4-membered cyclic amide) rings is 1. The van der Waals surface area contributed by atoms with Gasteiger partial charge in [-0.25, -0.2) is 4.79 Å². The molecule has 1 N–H and O–H groups in total. The number of ether oxygens (including phenoxy) is 1. The van der Waals surface area contributed by atoms with E-state index in [1.54, 1.807) is 4.90 Å². The second-order valence-electron chi connectivity index (χ2n) is 8.21. The number of likely N-dealkylation sites (tertiary alicyclic amines) is 2. The second-order valence-corrected chi connectivity index (χ2v) is 8.21. The third-order valence-electron chi connectivity index (χ3n) is 6.25. The molecule has 30 heavy (non-hydrogen) atoms. The minimum atomic E-state index is -0.688. The molecule has 4 rings (SSSR count). The minimum absolute atomic E-state index is 0.102. The van der Waals surface area contributed by atoms with Crippen molar-refractivity contribution in [1.29, 1.82) is 0 Å². The van der Waals surface area contributed by atoms with Crippen LogP contribution in [-0.4, -0.2) is 91.1 Å². The van der Waals surface area contributed by atoms with Crippen LogP contribution in [-0.2, 0) is 14.3 Å². The third kappa shape index (κ3) is 4.65. The van der Waals surface area contributed by atoms with Gasteiger partial charge in [-0.3, -0.25) is 19.4 Å². The Hall–Kier alpha value is -2.45. The summed E-state index contributed by atoms with van der Waals surface area (Å²) in [5.74, 6) is -0.246. The lowest BCUT2D eigenvalue weighted by Gasteiger charge is -2.42. The maximum atomic E-state index is 13.0. The van der Waals surface area contributed by atoms with Crippen molar-refractivity contribution in [3.63, 3.8) is 0 Å². The lowest BCUT2D eigenvalue weighted by Crippen LogP contribution is -2.65. The predicted octanol–water partition coefficient (Wildman–Crippen LogP) is 1.04. The van der Waals surface area contributed by atoms with E-state index >= 15 is 0 Å². The molecule has 1 aromatic rings. The number of nitrogens with zero attached hydrogens (tertiary/aromatic N) is 3. The van der Waals surface area contributed by atoms with E-state index in [4.69, 9.17) is 4.74 Å². The number of hydrogen-bond donors (Lipinski definition) is 1. The van der Waals surface area contributed by atoms with Crippen LogP contribution < -0.4 is 5.32 Å². The molecule has 162 valence electrons. The number of urea groups is 1. The van der Waals surface area contributed by atoms with Gasteiger partial charge in [-0.15, -0.1) is 0 Å². The van der Waals surface area contributed by atoms with Crippen LogP contribution in [0, 0.1) is 0 Å². The van der Waals surface area contributed by atoms with E-state index in [1.807, 2.05) is 18.2 Å². The largest absolute Gasteiger partial charge is 0.379 e. The van der Waals surface area contributed by atoms with E-state index in [0.717, 1.165) is 37.4 Å². The number of piperidine rings is 1. The Bertz CT molecular complexity index is 766. The molecule has 3 fully saturated rings. The van der Waals surface area contributed by atoms with Crippen molar-refractivity contribution in [2.75, 3.05) is 52.5 Å². The topological polar surface area (TPSA) is 82.2 Å². The zero-order valence-corrected chi connectivity index (χ0v) is 17.3. The van der Waals surface area contributed by atoms with Crippen LogP contribution in [0.15, 0.2) is 30.3 Å². The highest BCUT2D eigenvalue weighted by Gasteiger charge is 2.47. The summed E-state index contributed by atoms with van der Waals surface area (Å²) < 4.78 is 5.32. The number of benzene rings is 1. The molecule has 4 amide bonds. The molecule has 0 bridgehead atoms. The molecule has 3 aliphatic heterocycles. The van der Waals surface area contributed by atoms with Gasteiger partial charge in [0.1, 0.15) is 6.04 Å². The highest BCUT2D eigenvalue weighted by atomic mass is 16.5. The van der Waals surface area contributed by atoms with E-state index in [2.05, 4.69) is 22.3 Å². The summed E-state index contributed by atoms with van der Waals surface area (Å²) in [5.41, 5.74) is 1.21. The SMILES string of the molecule is O=C(NCCN1CCOCC1)C1CC(=O)N1C(=O)N1CCCC(c2ccccc2)C1. The van der Waals surface area contributed by atoms with Crippen LogP contribution in [0.2, 0.25) is 0 Å². The molecule has 0 saturated carbocycles. The van der Waals surface area contributed by atoms with Gasteiger partial charge in [-0.05, 0) is 18.4 Å². The van der Waals surface area contributed by atoms with Crippen LogP contribution in [0.4, 0.5) is 4.79 Å². The quantitative estimate of drug-likeness (QED) is 0.728. The number of amides is 4. The number of rotatable bonds is 5. The Labute approximate surface area is 177 Å². The highest BCUT2D eigenvalue weighted by molar-refractivity contribution is 6.07. The Morgan fingerprint density at radius 3 is 2.60 bits per heavy atom. The first kappa shape index (κ1) is 20.8. The number of imide groups is 1. The van der Waals surface area contributed by atoms with Crippen molar-refractivity contribution < 1.29 is 19.1 Å². The number of morpholine rings is 1. The zero-order chi connectivity index (χ0) is 20.9. The first-order chi connectivity index (χ1) is 14.6. The molecular formula is C22H30N4O4. The fourth-order valence-corrected chi connectivity index (χ4v) is 4.45. The molecule has 1 aromatic carbocycles. The molecule has 2 atom stereocenters. The van der Waals surface area contributed by atoms with Gasteiger partial charge in [0.25, 0.3) is 0 Å². The summed E-state index contributed by atoms with van der Waals surface area (Å²) in [4.78, 5) is 42.9. The van der Waals surface area contributed by atoms with E-state index in [9.17, 15) is 14.4 Å². The first-order valence-electron chi connectivity index (χ1n) is 10.9. The molecule has 8 nitrogen and oxygen atoms in total. The second kappa shape index (κ2) is 9.57. The van der Waals surface area contributed by atoms with Gasteiger partial charge in [-0.1, -0.05) is 30.3 Å². The first-order valence-corrected chi connectivity index (χ1v) is 10.9. The van der Waals surface area contributed by atoms with Gasteiger partial charge in [0.05, 0.1) is 19.6 Å². The molecule has 0 spiro atoms. The molecule has 0 aromatic heterocycles. The molecular weight excluding hydrogens is 384 g/mol. The summed E-state index contributed by atoms with van der Waals surface area (Å²) in [5, 5.41) is 2.89. The average Bonchev–Trinajstić information content (AvgIpc) is 2.78. The monoisotopic (exact) mass is 414 g/mol. The molecule has 2 unspecified atom stereocenters. The van der Waals surface area contributed by atoms with Gasteiger partial charge in [-0.2, -0.15) is 0 Å². The standard InChI is InChI=1S/C22H30N4O4/c27-20-15-19(21(28)23-8-10-24-11-13-30-14-12-24)26(20)22(29)25-9-4-7-18(16-25)17-5-2-1-3-6-17/h1-3,5-6,18-19H,4,7-16H2,(H,23,28). The van der Waals surface area contributed by atoms with Gasteiger partial charge in [0.15, 0.2) is 0 Å². The normalized spacial score (nSPS) is 25.0. The third-order valence-corrected chi connectivity index (χ3v) is 6.25. The van der Waals surface area contributed by atoms with E-state index < -0.39 is 6.04 Å². The van der Waals surface area contributed by atoms with E-state index in [0.29, 0.717) is 32.8 Å². The van der Waals surface area contributed by atoms with Gasteiger partial charge < -0.3 is 15.0 Å². The molecule has 8 heteroatoms. The number of carbonyl (C=O) groups excluding carboxylic acids is 3. The minimum Gasteiger partial charge on any atom is -0.379 e. The summed E-state index contributed by atoms with van der Waals surface area (Å²) in [7, 11) is 0. The number of carbonyl (C=O) groups is 3. The molecule has 3 aliphatic rings. The molecule has 3 saturated heterocycles. The van der Waals surface area contributed by atoms with Crippen LogP contribution >= 0.6 is 0 Å². The smallest absolute Gasteiger partial charge is 0.327 e. The van der Waals surface area contributed by atoms with Crippen molar-refractivity contribution in [3.8, 4) is 0 Å². The van der Waals surface area contributed by atoms with Crippen molar-refractivity contribution >= 4 is 17.8 Å². The predicted molar refractivity (Wildman–Crippen MR) is 111 cm³/mol. The molecule has 0 radical (unpaired) electrons. The maximum Gasteiger partial charge on any atom is 0.327 e. The average molecular weight is 415 g/mol. The summed E-state index contributed by atoms with van der Waals surface area (Å²) in [6.07, 6.45) is 2.02. The summed E-state index contributed by atoms with van der Waals surface area (Å²) in [6.45, 7) is 5.61. The molecule has 3 heterocycles. The number of nitrogens with one attached hydrogen (secondary N) is 1. The van der Waals surface area contributed by atoms with Gasteiger partial charge in [0.2, 0.25) is 11.8 Å². The molecule has 0 aliphatic carbocycles. The lowest BCUT2D eigenvalue weighted by atomic mass is 9.90. The lowest BCUT2D eigenvalue weighted by molar-refractivity contribution is -0.149. The Kier molecular flexibility index (Phi) is 6.64. The Morgan fingerprint density at radius 1 is 1.10 bits per heavy atom. The van der Waals surface area contributed by atoms with Gasteiger partial charge >= 0.3 is 6.03 Å². The number of hydrogen-bond acceptors (Lipinski definition) is 5. The fraction of sp³-hybridized carbons (Fsp3) is 0.591. The van der Waals surface area contributed by atoms with E-state index in [1.165, 1.54) is 5.56 Å². The fourth-order valence-electron chi connectivity index (χ4n) is 4.45.